The molecule has 0 saturated carbocycles. The van der Waals surface area contributed by atoms with Gasteiger partial charge in [0.05, 0.1) is 0 Å². The van der Waals surface area contributed by atoms with Crippen LogP contribution in [0.1, 0.15) is 20.3 Å². The Kier molecular flexibility index (Phi) is 6.43. The number of nitrogens with one attached hydrogen (secondary N) is 2. The Morgan fingerprint density at radius 1 is 0.962 bits per heavy atom. The van der Waals surface area contributed by atoms with Crippen LogP contribution in [0.3, 0.4) is 0 Å². The zero-order chi connectivity index (χ0) is 19.1. The molecule has 7 heteroatoms. The lowest BCUT2D eigenvalue weighted by Crippen LogP contribution is -2.32. The van der Waals surface area contributed by atoms with Gasteiger partial charge in [0, 0.05) is 43.9 Å². The lowest BCUT2D eigenvalue weighted by molar-refractivity contribution is -0.117. The van der Waals surface area contributed by atoms with Crippen molar-refractivity contribution in [1.29, 1.82) is 0 Å². The van der Waals surface area contributed by atoms with Gasteiger partial charge in [0.1, 0.15) is 5.82 Å². The van der Waals surface area contributed by atoms with Crippen molar-refractivity contribution >= 4 is 34.8 Å². The van der Waals surface area contributed by atoms with Gasteiger partial charge in [-0.1, -0.05) is 6.07 Å². The van der Waals surface area contributed by atoms with E-state index in [-0.39, 0.29) is 36.5 Å². The number of anilines is 3. The summed E-state index contributed by atoms with van der Waals surface area (Å²) in [7, 11) is 0. The Morgan fingerprint density at radius 2 is 1.65 bits per heavy atom. The number of hydrogen-bond donors (Lipinski definition) is 2. The molecule has 0 spiro atoms. The van der Waals surface area contributed by atoms with E-state index >= 15 is 0 Å². The van der Waals surface area contributed by atoms with Gasteiger partial charge in [-0.2, -0.15) is 0 Å². The first kappa shape index (κ1) is 19.1. The second-order valence-electron chi connectivity index (χ2n) is 5.71. The molecule has 2 rings (SSSR count). The second-order valence-corrected chi connectivity index (χ2v) is 5.71. The third kappa shape index (κ3) is 5.70. The largest absolute Gasteiger partial charge is 0.326 e. The highest BCUT2D eigenvalue weighted by molar-refractivity contribution is 5.96. The fourth-order valence-electron chi connectivity index (χ4n) is 2.39. The molecule has 26 heavy (non-hydrogen) atoms. The zero-order valence-electron chi connectivity index (χ0n) is 14.6. The van der Waals surface area contributed by atoms with Crippen molar-refractivity contribution in [2.45, 2.75) is 20.3 Å². The van der Waals surface area contributed by atoms with Crippen LogP contribution < -0.4 is 15.5 Å². The van der Waals surface area contributed by atoms with Crippen molar-refractivity contribution in [2.75, 3.05) is 22.1 Å². The van der Waals surface area contributed by atoms with Crippen molar-refractivity contribution in [3.63, 3.8) is 0 Å². The van der Waals surface area contributed by atoms with Crippen molar-refractivity contribution < 1.29 is 18.8 Å². The summed E-state index contributed by atoms with van der Waals surface area (Å²) in [6.45, 7) is 2.98. The van der Waals surface area contributed by atoms with Crippen molar-refractivity contribution in [3.05, 3.63) is 54.3 Å². The molecule has 136 valence electrons. The van der Waals surface area contributed by atoms with E-state index in [1.807, 2.05) is 0 Å². The molecule has 0 saturated heterocycles. The molecule has 0 fully saturated rings. The summed E-state index contributed by atoms with van der Waals surface area (Å²) in [6.07, 6.45) is 0.0708. The molecule has 0 heterocycles. The van der Waals surface area contributed by atoms with Gasteiger partial charge in [0.2, 0.25) is 17.7 Å². The zero-order valence-corrected chi connectivity index (χ0v) is 14.6. The maximum Gasteiger partial charge on any atom is 0.226 e. The van der Waals surface area contributed by atoms with E-state index in [0.29, 0.717) is 17.1 Å². The van der Waals surface area contributed by atoms with Crippen LogP contribution in [0.5, 0.6) is 0 Å². The highest BCUT2D eigenvalue weighted by Gasteiger charge is 2.14. The Morgan fingerprint density at radius 3 is 2.27 bits per heavy atom. The fraction of sp³-hybridized carbons (Fsp3) is 0.211. The molecule has 3 amide bonds. The van der Waals surface area contributed by atoms with Gasteiger partial charge in [-0.3, -0.25) is 14.4 Å². The first-order chi connectivity index (χ1) is 12.3. The van der Waals surface area contributed by atoms with Gasteiger partial charge in [-0.15, -0.1) is 0 Å². The van der Waals surface area contributed by atoms with Crippen LogP contribution in [0.15, 0.2) is 48.5 Å². The van der Waals surface area contributed by atoms with Crippen LogP contribution in [0, 0.1) is 5.82 Å². The molecular weight excluding hydrogens is 337 g/mol. The summed E-state index contributed by atoms with van der Waals surface area (Å²) in [6, 6.07) is 12.3. The smallest absolute Gasteiger partial charge is 0.226 e. The van der Waals surface area contributed by atoms with Gasteiger partial charge in [-0.05, 0) is 42.5 Å². The van der Waals surface area contributed by atoms with Gasteiger partial charge < -0.3 is 15.5 Å². The van der Waals surface area contributed by atoms with E-state index in [2.05, 4.69) is 10.6 Å². The second kappa shape index (κ2) is 8.75. The highest BCUT2D eigenvalue weighted by Crippen LogP contribution is 2.20. The minimum absolute atomic E-state index is 0.0708. The lowest BCUT2D eigenvalue weighted by atomic mass is 10.2. The molecule has 0 bridgehead atoms. The highest BCUT2D eigenvalue weighted by atomic mass is 19.1. The first-order valence-electron chi connectivity index (χ1n) is 8.06. The normalized spacial score (nSPS) is 10.1. The fourth-order valence-corrected chi connectivity index (χ4v) is 2.39. The molecule has 0 aliphatic carbocycles. The Hall–Kier alpha value is -3.22. The van der Waals surface area contributed by atoms with E-state index in [1.165, 1.54) is 43.0 Å². The molecule has 2 aromatic carbocycles. The number of carbonyl (C=O) groups excluding carboxylic acids is 3. The number of rotatable bonds is 6. The van der Waals surface area contributed by atoms with Crippen LogP contribution in [0.4, 0.5) is 21.5 Å². The summed E-state index contributed by atoms with van der Waals surface area (Å²) in [5.74, 6) is -1.11. The van der Waals surface area contributed by atoms with E-state index in [9.17, 15) is 18.8 Å². The van der Waals surface area contributed by atoms with Crippen molar-refractivity contribution in [1.82, 2.24) is 0 Å². The quantitative estimate of drug-likeness (QED) is 0.833. The molecule has 0 aromatic heterocycles. The monoisotopic (exact) mass is 357 g/mol. The molecule has 0 aliphatic rings. The Bertz CT molecular complexity index is 806. The van der Waals surface area contributed by atoms with Crippen molar-refractivity contribution in [3.8, 4) is 0 Å². The minimum atomic E-state index is -0.384. The van der Waals surface area contributed by atoms with Crippen LogP contribution in [-0.2, 0) is 14.4 Å². The summed E-state index contributed by atoms with van der Waals surface area (Å²) in [4.78, 5) is 36.6. The molecule has 0 aliphatic heterocycles. The van der Waals surface area contributed by atoms with Gasteiger partial charge in [0.15, 0.2) is 0 Å². The average molecular weight is 357 g/mol. The lowest BCUT2D eigenvalue weighted by Gasteiger charge is -2.21. The summed E-state index contributed by atoms with van der Waals surface area (Å²) >= 11 is 0. The Balaban J connectivity index is 2.01. The van der Waals surface area contributed by atoms with E-state index in [1.54, 1.807) is 24.3 Å². The van der Waals surface area contributed by atoms with E-state index in [4.69, 9.17) is 0 Å². The number of hydrogen-bond acceptors (Lipinski definition) is 3. The molecule has 0 unspecified atom stereocenters. The number of amides is 3. The van der Waals surface area contributed by atoms with E-state index < -0.39 is 0 Å². The van der Waals surface area contributed by atoms with Gasteiger partial charge in [-0.25, -0.2) is 4.39 Å². The third-order valence-electron chi connectivity index (χ3n) is 3.55. The first-order valence-corrected chi connectivity index (χ1v) is 8.06. The van der Waals surface area contributed by atoms with E-state index in [0.717, 1.165) is 0 Å². The van der Waals surface area contributed by atoms with Crippen molar-refractivity contribution in [2.24, 2.45) is 0 Å². The maximum absolute atomic E-state index is 12.9. The number of halogens is 1. The SMILES string of the molecule is CC(=O)Nc1cccc(N(CCC(=O)Nc2ccc(F)cc2)C(C)=O)c1. The average Bonchev–Trinajstić information content (AvgIpc) is 2.56. The third-order valence-corrected chi connectivity index (χ3v) is 3.55. The molecule has 2 N–H and O–H groups in total. The molecule has 2 aromatic rings. The molecule has 6 nitrogen and oxygen atoms in total. The van der Waals surface area contributed by atoms with Gasteiger partial charge in [0.25, 0.3) is 0 Å². The number of nitrogens with zero attached hydrogens (tertiary/aromatic N) is 1. The molecular formula is C19H20FN3O3. The standard InChI is InChI=1S/C19H20FN3O3/c1-13(24)21-17-4-3-5-18(12-17)23(14(2)25)11-10-19(26)22-16-8-6-15(20)7-9-16/h3-9,12H,10-11H2,1-2H3,(H,21,24)(H,22,26). The number of benzene rings is 2. The summed E-state index contributed by atoms with van der Waals surface area (Å²) in [5, 5.41) is 5.31. The van der Waals surface area contributed by atoms with Crippen LogP contribution in [0.25, 0.3) is 0 Å². The maximum atomic E-state index is 12.9. The Labute approximate surface area is 151 Å². The van der Waals surface area contributed by atoms with Crippen LogP contribution >= 0.6 is 0 Å². The van der Waals surface area contributed by atoms with Crippen LogP contribution in [0.2, 0.25) is 0 Å². The predicted molar refractivity (Wildman–Crippen MR) is 98.4 cm³/mol. The topological polar surface area (TPSA) is 78.5 Å². The van der Waals surface area contributed by atoms with Gasteiger partial charge >= 0.3 is 0 Å². The summed E-state index contributed by atoms with van der Waals surface area (Å²) < 4.78 is 12.9. The van der Waals surface area contributed by atoms with Crippen LogP contribution in [-0.4, -0.2) is 24.3 Å². The molecule has 0 radical (unpaired) electrons. The number of carbonyl (C=O) groups is 3. The molecule has 0 atom stereocenters. The summed E-state index contributed by atoms with van der Waals surface area (Å²) in [5.41, 5.74) is 1.63. The minimum Gasteiger partial charge on any atom is -0.326 e. The predicted octanol–water partition coefficient (Wildman–Crippen LogP) is 3.17.